The standard InChI is InChI=1S/C14H29NO3/c1-4-7-15-12-14(6-9-18-13(14)2)5-8-17-11-10-16-3/h13,15H,4-12H2,1-3H3. The predicted molar refractivity (Wildman–Crippen MR) is 72.9 cm³/mol. The Kier molecular flexibility index (Phi) is 7.82. The van der Waals surface area contributed by atoms with E-state index in [9.17, 15) is 0 Å². The largest absolute Gasteiger partial charge is 0.382 e. The summed E-state index contributed by atoms with van der Waals surface area (Å²) in [7, 11) is 1.70. The van der Waals surface area contributed by atoms with E-state index < -0.39 is 0 Å². The highest BCUT2D eigenvalue weighted by Gasteiger charge is 2.40. The van der Waals surface area contributed by atoms with Crippen molar-refractivity contribution in [1.29, 1.82) is 0 Å². The monoisotopic (exact) mass is 259 g/mol. The quantitative estimate of drug-likeness (QED) is 0.608. The van der Waals surface area contributed by atoms with E-state index >= 15 is 0 Å². The summed E-state index contributed by atoms with van der Waals surface area (Å²) in [5, 5.41) is 3.54. The van der Waals surface area contributed by atoms with Crippen molar-refractivity contribution in [3.8, 4) is 0 Å². The van der Waals surface area contributed by atoms with Crippen LogP contribution in [0.15, 0.2) is 0 Å². The van der Waals surface area contributed by atoms with E-state index in [0.717, 1.165) is 39.1 Å². The van der Waals surface area contributed by atoms with Crippen molar-refractivity contribution in [1.82, 2.24) is 5.32 Å². The van der Waals surface area contributed by atoms with Crippen LogP contribution in [0, 0.1) is 5.41 Å². The molecule has 1 heterocycles. The molecule has 1 aliphatic rings. The van der Waals surface area contributed by atoms with Gasteiger partial charge in [0.25, 0.3) is 0 Å². The Labute approximate surface area is 111 Å². The Balaban J connectivity index is 2.31. The highest BCUT2D eigenvalue weighted by Crippen LogP contribution is 2.37. The molecule has 0 aromatic heterocycles. The molecule has 18 heavy (non-hydrogen) atoms. The van der Waals surface area contributed by atoms with Crippen molar-refractivity contribution in [2.45, 2.75) is 39.2 Å². The fraction of sp³-hybridized carbons (Fsp3) is 1.00. The molecule has 4 nitrogen and oxygen atoms in total. The summed E-state index contributed by atoms with van der Waals surface area (Å²) in [5.41, 5.74) is 0.252. The third-order valence-corrected chi connectivity index (χ3v) is 3.91. The van der Waals surface area contributed by atoms with E-state index in [4.69, 9.17) is 14.2 Å². The summed E-state index contributed by atoms with van der Waals surface area (Å²) >= 11 is 0. The second kappa shape index (κ2) is 8.86. The molecule has 0 saturated carbocycles. The second-order valence-electron chi connectivity index (χ2n) is 5.16. The maximum Gasteiger partial charge on any atom is 0.0700 e. The van der Waals surface area contributed by atoms with Crippen LogP contribution in [0.2, 0.25) is 0 Å². The van der Waals surface area contributed by atoms with Gasteiger partial charge in [0.1, 0.15) is 0 Å². The van der Waals surface area contributed by atoms with Crippen LogP contribution in [-0.2, 0) is 14.2 Å². The van der Waals surface area contributed by atoms with E-state index in [1.54, 1.807) is 7.11 Å². The van der Waals surface area contributed by atoms with Gasteiger partial charge in [-0.1, -0.05) is 6.92 Å². The molecular weight excluding hydrogens is 230 g/mol. The topological polar surface area (TPSA) is 39.7 Å². The van der Waals surface area contributed by atoms with Crippen LogP contribution in [0.25, 0.3) is 0 Å². The second-order valence-corrected chi connectivity index (χ2v) is 5.16. The molecule has 2 atom stereocenters. The fourth-order valence-corrected chi connectivity index (χ4v) is 2.50. The number of ether oxygens (including phenoxy) is 3. The molecule has 1 saturated heterocycles. The first-order valence-corrected chi connectivity index (χ1v) is 7.14. The molecule has 0 amide bonds. The maximum absolute atomic E-state index is 5.76. The average molecular weight is 259 g/mol. The summed E-state index contributed by atoms with van der Waals surface area (Å²) < 4.78 is 16.3. The van der Waals surface area contributed by atoms with Crippen molar-refractivity contribution >= 4 is 0 Å². The first-order chi connectivity index (χ1) is 8.75. The van der Waals surface area contributed by atoms with Gasteiger partial charge in [0, 0.05) is 32.3 Å². The highest BCUT2D eigenvalue weighted by atomic mass is 16.5. The lowest BCUT2D eigenvalue weighted by Gasteiger charge is -2.32. The Morgan fingerprint density at radius 2 is 2.17 bits per heavy atom. The highest BCUT2D eigenvalue weighted by molar-refractivity contribution is 4.91. The molecule has 0 aromatic carbocycles. The van der Waals surface area contributed by atoms with E-state index in [1.807, 2.05) is 0 Å². The minimum absolute atomic E-state index is 0.252. The Hall–Kier alpha value is -0.160. The van der Waals surface area contributed by atoms with Gasteiger partial charge in [0.05, 0.1) is 19.3 Å². The van der Waals surface area contributed by atoms with Gasteiger partial charge in [0.15, 0.2) is 0 Å². The van der Waals surface area contributed by atoms with Gasteiger partial charge in [-0.05, 0) is 32.7 Å². The van der Waals surface area contributed by atoms with Crippen molar-refractivity contribution in [2.24, 2.45) is 5.41 Å². The molecule has 1 aliphatic heterocycles. The number of hydrogen-bond acceptors (Lipinski definition) is 4. The summed E-state index contributed by atoms with van der Waals surface area (Å²) in [6.45, 7) is 9.54. The third kappa shape index (κ3) is 4.84. The molecular formula is C14H29NO3. The number of methoxy groups -OCH3 is 1. The van der Waals surface area contributed by atoms with Crippen LogP contribution in [0.5, 0.6) is 0 Å². The number of rotatable bonds is 10. The molecule has 0 spiro atoms. The minimum atomic E-state index is 0.252. The number of nitrogens with one attached hydrogen (secondary N) is 1. The third-order valence-electron chi connectivity index (χ3n) is 3.91. The lowest BCUT2D eigenvalue weighted by Crippen LogP contribution is -2.40. The average Bonchev–Trinajstić information content (AvgIpc) is 2.72. The zero-order chi connectivity index (χ0) is 13.3. The smallest absolute Gasteiger partial charge is 0.0700 e. The zero-order valence-corrected chi connectivity index (χ0v) is 12.2. The van der Waals surface area contributed by atoms with Gasteiger partial charge in [-0.15, -0.1) is 0 Å². The molecule has 0 bridgehead atoms. The van der Waals surface area contributed by atoms with Crippen molar-refractivity contribution < 1.29 is 14.2 Å². The van der Waals surface area contributed by atoms with E-state index in [2.05, 4.69) is 19.2 Å². The lowest BCUT2D eigenvalue weighted by atomic mass is 9.78. The molecule has 1 fully saturated rings. The molecule has 0 aliphatic carbocycles. The molecule has 0 aromatic rings. The molecule has 0 radical (unpaired) electrons. The van der Waals surface area contributed by atoms with Crippen molar-refractivity contribution in [3.05, 3.63) is 0 Å². The molecule has 4 heteroatoms. The van der Waals surface area contributed by atoms with Gasteiger partial charge in [-0.2, -0.15) is 0 Å². The van der Waals surface area contributed by atoms with Crippen molar-refractivity contribution in [2.75, 3.05) is 46.6 Å². The van der Waals surface area contributed by atoms with Crippen LogP contribution in [0.4, 0.5) is 0 Å². The van der Waals surface area contributed by atoms with Gasteiger partial charge < -0.3 is 19.5 Å². The van der Waals surface area contributed by atoms with Crippen LogP contribution < -0.4 is 5.32 Å². The number of hydrogen-bond donors (Lipinski definition) is 1. The summed E-state index contributed by atoms with van der Waals surface area (Å²) in [6.07, 6.45) is 3.70. The van der Waals surface area contributed by atoms with Gasteiger partial charge in [0.2, 0.25) is 0 Å². The summed E-state index contributed by atoms with van der Waals surface area (Å²) in [4.78, 5) is 0. The van der Waals surface area contributed by atoms with Gasteiger partial charge in [-0.25, -0.2) is 0 Å². The summed E-state index contributed by atoms with van der Waals surface area (Å²) in [5.74, 6) is 0. The normalized spacial score (nSPS) is 27.8. The van der Waals surface area contributed by atoms with Crippen molar-refractivity contribution in [3.63, 3.8) is 0 Å². The summed E-state index contributed by atoms with van der Waals surface area (Å²) in [6, 6.07) is 0. The zero-order valence-electron chi connectivity index (χ0n) is 12.2. The molecule has 108 valence electrons. The maximum atomic E-state index is 5.76. The van der Waals surface area contributed by atoms with Gasteiger partial charge >= 0.3 is 0 Å². The first kappa shape index (κ1) is 15.9. The van der Waals surface area contributed by atoms with E-state index in [0.29, 0.717) is 19.3 Å². The van der Waals surface area contributed by atoms with E-state index in [1.165, 1.54) is 6.42 Å². The Morgan fingerprint density at radius 3 is 2.78 bits per heavy atom. The molecule has 1 N–H and O–H groups in total. The molecule has 2 unspecified atom stereocenters. The van der Waals surface area contributed by atoms with E-state index in [-0.39, 0.29) is 5.41 Å². The SMILES string of the molecule is CCCNCC1(CCOCCOC)CCOC1C. The fourth-order valence-electron chi connectivity index (χ4n) is 2.50. The van der Waals surface area contributed by atoms with Crippen LogP contribution in [0.3, 0.4) is 0 Å². The van der Waals surface area contributed by atoms with Crippen LogP contribution in [0.1, 0.15) is 33.1 Å². The predicted octanol–water partition coefficient (Wildman–Crippen LogP) is 1.83. The first-order valence-electron chi connectivity index (χ1n) is 7.14. The van der Waals surface area contributed by atoms with Gasteiger partial charge in [-0.3, -0.25) is 0 Å². The lowest BCUT2D eigenvalue weighted by molar-refractivity contribution is 0.0209. The Morgan fingerprint density at radius 1 is 1.33 bits per heavy atom. The van der Waals surface area contributed by atoms with Crippen LogP contribution in [-0.4, -0.2) is 52.7 Å². The Bertz CT molecular complexity index is 213. The molecule has 1 rings (SSSR count). The van der Waals surface area contributed by atoms with Crippen LogP contribution >= 0.6 is 0 Å². The minimum Gasteiger partial charge on any atom is -0.382 e.